The van der Waals surface area contributed by atoms with Gasteiger partial charge in [0.05, 0.1) is 0 Å². The minimum Gasteiger partial charge on any atom is -0.316 e. The monoisotopic (exact) mass is 199 g/mol. The van der Waals surface area contributed by atoms with Gasteiger partial charge in [-0.25, -0.2) is 5.01 Å². The summed E-state index contributed by atoms with van der Waals surface area (Å²) in [6.45, 7) is 7.43. The van der Waals surface area contributed by atoms with E-state index >= 15 is 0 Å². The lowest BCUT2D eigenvalue weighted by atomic mass is 9.90. The fourth-order valence-corrected chi connectivity index (χ4v) is 2.51. The van der Waals surface area contributed by atoms with Gasteiger partial charge in [-0.3, -0.25) is 5.84 Å². The van der Waals surface area contributed by atoms with E-state index < -0.39 is 0 Å². The van der Waals surface area contributed by atoms with Gasteiger partial charge in [-0.2, -0.15) is 0 Å². The maximum atomic E-state index is 5.99. The normalized spacial score (nSPS) is 33.6. The minimum absolute atomic E-state index is 0.661. The van der Waals surface area contributed by atoms with Gasteiger partial charge >= 0.3 is 0 Å². The summed E-state index contributed by atoms with van der Waals surface area (Å²) in [7, 11) is 0. The van der Waals surface area contributed by atoms with Crippen molar-refractivity contribution in [2.75, 3.05) is 19.6 Å². The van der Waals surface area contributed by atoms with Crippen molar-refractivity contribution in [1.29, 1.82) is 0 Å². The Balaban J connectivity index is 0.000000461. The molecule has 2 rings (SSSR count). The maximum Gasteiger partial charge on any atom is 0.0293 e. The molecule has 2 unspecified atom stereocenters. The van der Waals surface area contributed by atoms with Crippen LogP contribution in [0.2, 0.25) is 0 Å². The Kier molecular flexibility index (Phi) is 5.45. The highest BCUT2D eigenvalue weighted by Crippen LogP contribution is 2.24. The summed E-state index contributed by atoms with van der Waals surface area (Å²) < 4.78 is 0. The van der Waals surface area contributed by atoms with Crippen LogP contribution in [0.4, 0.5) is 0 Å². The first-order valence-electron chi connectivity index (χ1n) is 6.10. The Bertz CT molecular complexity index is 149. The second-order valence-electron chi connectivity index (χ2n) is 4.05. The molecule has 2 heterocycles. The van der Waals surface area contributed by atoms with Gasteiger partial charge < -0.3 is 5.32 Å². The number of nitrogens with one attached hydrogen (secondary N) is 1. The number of hydrazine groups is 1. The predicted molar refractivity (Wildman–Crippen MR) is 60.9 cm³/mol. The summed E-state index contributed by atoms with van der Waals surface area (Å²) in [5.41, 5.74) is 0. The van der Waals surface area contributed by atoms with E-state index in [4.69, 9.17) is 5.84 Å². The molecular weight excluding hydrogens is 174 g/mol. The van der Waals surface area contributed by atoms with Gasteiger partial charge in [0.25, 0.3) is 0 Å². The molecule has 84 valence electrons. The van der Waals surface area contributed by atoms with Crippen LogP contribution in [0, 0.1) is 5.92 Å². The number of nitrogens with two attached hydrogens (primary N) is 1. The lowest BCUT2D eigenvalue weighted by Gasteiger charge is -2.35. The van der Waals surface area contributed by atoms with Crippen LogP contribution in [-0.2, 0) is 0 Å². The van der Waals surface area contributed by atoms with Crippen LogP contribution in [0.15, 0.2) is 0 Å². The van der Waals surface area contributed by atoms with Gasteiger partial charge in [-0.05, 0) is 38.3 Å². The number of hydrogen-bond donors (Lipinski definition) is 2. The molecule has 0 amide bonds. The van der Waals surface area contributed by atoms with Gasteiger partial charge in [-0.1, -0.05) is 20.3 Å². The molecule has 0 radical (unpaired) electrons. The average Bonchev–Trinajstić information content (AvgIpc) is 2.45. The van der Waals surface area contributed by atoms with Crippen LogP contribution in [0.25, 0.3) is 0 Å². The first-order valence-corrected chi connectivity index (χ1v) is 6.10. The molecule has 0 aromatic carbocycles. The van der Waals surface area contributed by atoms with Crippen LogP contribution in [0.3, 0.4) is 0 Å². The van der Waals surface area contributed by atoms with E-state index in [1.807, 2.05) is 13.8 Å². The van der Waals surface area contributed by atoms with E-state index in [1.54, 1.807) is 0 Å². The lowest BCUT2D eigenvalue weighted by Crippen LogP contribution is -2.51. The third-order valence-electron chi connectivity index (χ3n) is 3.23. The van der Waals surface area contributed by atoms with Crippen molar-refractivity contribution in [3.63, 3.8) is 0 Å². The molecule has 3 heteroatoms. The summed E-state index contributed by atoms with van der Waals surface area (Å²) in [4.78, 5) is 0. The summed E-state index contributed by atoms with van der Waals surface area (Å²) in [6, 6.07) is 0.661. The number of fused-ring (bicyclic) bond motifs is 1. The van der Waals surface area contributed by atoms with Gasteiger partial charge in [0.15, 0.2) is 0 Å². The van der Waals surface area contributed by atoms with Crippen molar-refractivity contribution < 1.29 is 0 Å². The van der Waals surface area contributed by atoms with Crippen molar-refractivity contribution in [2.24, 2.45) is 11.8 Å². The fraction of sp³-hybridized carbons (Fsp3) is 1.00. The molecule has 0 spiro atoms. The van der Waals surface area contributed by atoms with Crippen LogP contribution in [0.1, 0.15) is 39.5 Å². The Morgan fingerprint density at radius 3 is 2.79 bits per heavy atom. The van der Waals surface area contributed by atoms with Gasteiger partial charge in [0, 0.05) is 12.6 Å². The van der Waals surface area contributed by atoms with Crippen molar-refractivity contribution in [2.45, 2.75) is 45.6 Å². The number of piperidine rings is 1. The van der Waals surface area contributed by atoms with Crippen molar-refractivity contribution in [1.82, 2.24) is 10.3 Å². The van der Waals surface area contributed by atoms with Crippen LogP contribution in [0.5, 0.6) is 0 Å². The Morgan fingerprint density at radius 1 is 1.21 bits per heavy atom. The summed E-state index contributed by atoms with van der Waals surface area (Å²) >= 11 is 0. The van der Waals surface area contributed by atoms with E-state index in [2.05, 4.69) is 10.3 Å². The van der Waals surface area contributed by atoms with Gasteiger partial charge in [0.2, 0.25) is 0 Å². The summed E-state index contributed by atoms with van der Waals surface area (Å²) in [6.07, 6.45) is 5.24. The number of nitrogens with zero attached hydrogens (tertiary/aromatic N) is 1. The van der Waals surface area contributed by atoms with Gasteiger partial charge in [0.1, 0.15) is 0 Å². The standard InChI is InChI=1S/C9H19N3.C2H6/c10-12-6-2-1-3-8-7-11-5-4-9(8)12;1-2/h8-9,11H,1-7,10H2;1-2H3. The second-order valence-corrected chi connectivity index (χ2v) is 4.05. The molecule has 3 N–H and O–H groups in total. The molecule has 0 aromatic heterocycles. The van der Waals surface area contributed by atoms with Crippen LogP contribution < -0.4 is 11.2 Å². The molecule has 3 nitrogen and oxygen atoms in total. The molecule has 14 heavy (non-hydrogen) atoms. The lowest BCUT2D eigenvalue weighted by molar-refractivity contribution is 0.126. The molecule has 0 saturated carbocycles. The number of hydrogen-bond acceptors (Lipinski definition) is 3. The Hall–Kier alpha value is -0.120. The maximum absolute atomic E-state index is 5.99. The van der Waals surface area contributed by atoms with Gasteiger partial charge in [-0.15, -0.1) is 0 Å². The third-order valence-corrected chi connectivity index (χ3v) is 3.23. The van der Waals surface area contributed by atoms with Crippen molar-refractivity contribution >= 4 is 0 Å². The molecule has 0 bridgehead atoms. The number of rotatable bonds is 0. The Labute approximate surface area is 88.0 Å². The SMILES string of the molecule is CC.NN1CCCCC2CNCCC21. The van der Waals surface area contributed by atoms with Crippen molar-refractivity contribution in [3.05, 3.63) is 0 Å². The minimum atomic E-state index is 0.661. The Morgan fingerprint density at radius 2 is 2.00 bits per heavy atom. The van der Waals surface area contributed by atoms with Crippen LogP contribution >= 0.6 is 0 Å². The summed E-state index contributed by atoms with van der Waals surface area (Å²) in [5, 5.41) is 5.53. The predicted octanol–water partition coefficient (Wildman–Crippen LogP) is 1.35. The molecule has 0 aliphatic carbocycles. The highest BCUT2D eigenvalue weighted by molar-refractivity contribution is 4.85. The quantitative estimate of drug-likeness (QED) is 0.579. The molecular formula is C11H25N3. The highest BCUT2D eigenvalue weighted by Gasteiger charge is 2.29. The molecule has 2 aliphatic rings. The third kappa shape index (κ3) is 2.94. The van der Waals surface area contributed by atoms with E-state index in [-0.39, 0.29) is 0 Å². The first-order chi connectivity index (χ1) is 6.88. The molecule has 2 atom stereocenters. The molecule has 0 aromatic rings. The summed E-state index contributed by atoms with van der Waals surface area (Å²) in [5.74, 6) is 6.81. The zero-order valence-corrected chi connectivity index (χ0v) is 9.63. The topological polar surface area (TPSA) is 41.3 Å². The zero-order chi connectivity index (χ0) is 10.4. The van der Waals surface area contributed by atoms with E-state index in [0.717, 1.165) is 19.0 Å². The smallest absolute Gasteiger partial charge is 0.0293 e. The van der Waals surface area contributed by atoms with E-state index in [1.165, 1.54) is 32.2 Å². The van der Waals surface area contributed by atoms with Crippen molar-refractivity contribution in [3.8, 4) is 0 Å². The largest absolute Gasteiger partial charge is 0.316 e. The average molecular weight is 199 g/mol. The second kappa shape index (κ2) is 6.38. The van der Waals surface area contributed by atoms with E-state index in [0.29, 0.717) is 6.04 Å². The fourth-order valence-electron chi connectivity index (χ4n) is 2.51. The molecule has 2 aliphatic heterocycles. The molecule has 2 fully saturated rings. The molecule has 2 saturated heterocycles. The van der Waals surface area contributed by atoms with E-state index in [9.17, 15) is 0 Å². The zero-order valence-electron chi connectivity index (χ0n) is 9.63. The van der Waals surface area contributed by atoms with Crippen LogP contribution in [-0.4, -0.2) is 30.7 Å². The highest BCUT2D eigenvalue weighted by atomic mass is 15.4. The first kappa shape index (κ1) is 12.0.